The molecular weight excluding hydrogens is 306 g/mol. The Bertz CT molecular complexity index is 685. The number of carbonyl (C=O) groups is 1. The third-order valence-electron chi connectivity index (χ3n) is 3.55. The van der Waals surface area contributed by atoms with Gasteiger partial charge in [-0.2, -0.15) is 0 Å². The first-order valence-electron chi connectivity index (χ1n) is 7.90. The van der Waals surface area contributed by atoms with Crippen LogP contribution in [0.2, 0.25) is 0 Å². The van der Waals surface area contributed by atoms with Crippen LogP contribution in [0.5, 0.6) is 17.2 Å². The lowest BCUT2D eigenvalue weighted by molar-refractivity contribution is -0.116. The molecule has 0 aromatic heterocycles. The molecule has 5 nitrogen and oxygen atoms in total. The van der Waals surface area contributed by atoms with Gasteiger partial charge >= 0.3 is 0 Å². The summed E-state index contributed by atoms with van der Waals surface area (Å²) >= 11 is 0. The molecule has 0 saturated heterocycles. The van der Waals surface area contributed by atoms with Crippen LogP contribution in [-0.4, -0.2) is 26.7 Å². The van der Waals surface area contributed by atoms with Crippen molar-refractivity contribution in [1.29, 1.82) is 0 Å². The summed E-state index contributed by atoms with van der Waals surface area (Å²) in [7, 11) is 3.19. The van der Waals surface area contributed by atoms with E-state index in [2.05, 4.69) is 5.32 Å². The molecule has 0 saturated carbocycles. The zero-order valence-electron chi connectivity index (χ0n) is 14.3. The van der Waals surface area contributed by atoms with Crippen molar-refractivity contribution in [2.45, 2.75) is 19.8 Å². The van der Waals surface area contributed by atoms with Crippen LogP contribution >= 0.6 is 0 Å². The lowest BCUT2D eigenvalue weighted by Gasteiger charge is -2.12. The van der Waals surface area contributed by atoms with E-state index in [1.807, 2.05) is 49.4 Å². The average Bonchev–Trinajstić information content (AvgIpc) is 2.61. The van der Waals surface area contributed by atoms with Crippen molar-refractivity contribution in [3.05, 3.63) is 48.0 Å². The summed E-state index contributed by atoms with van der Waals surface area (Å²) in [6, 6.07) is 13.1. The van der Waals surface area contributed by atoms with E-state index in [4.69, 9.17) is 14.2 Å². The number of ether oxygens (including phenoxy) is 3. The molecule has 0 radical (unpaired) electrons. The molecule has 0 aliphatic carbocycles. The molecule has 5 heteroatoms. The predicted molar refractivity (Wildman–Crippen MR) is 94.1 cm³/mol. The zero-order chi connectivity index (χ0) is 17.4. The zero-order valence-corrected chi connectivity index (χ0v) is 14.3. The van der Waals surface area contributed by atoms with Crippen LogP contribution in [0, 0.1) is 0 Å². The summed E-state index contributed by atoms with van der Waals surface area (Å²) in [5.41, 5.74) is 1.71. The van der Waals surface area contributed by atoms with Gasteiger partial charge in [-0.1, -0.05) is 18.2 Å². The predicted octanol–water partition coefficient (Wildman–Crippen LogP) is 3.67. The van der Waals surface area contributed by atoms with Gasteiger partial charge in [0.15, 0.2) is 11.5 Å². The highest BCUT2D eigenvalue weighted by atomic mass is 16.5. The highest BCUT2D eigenvalue weighted by molar-refractivity contribution is 5.92. The Balaban J connectivity index is 1.96. The highest BCUT2D eigenvalue weighted by Crippen LogP contribution is 2.28. The van der Waals surface area contributed by atoms with E-state index in [-0.39, 0.29) is 5.91 Å². The molecule has 24 heavy (non-hydrogen) atoms. The van der Waals surface area contributed by atoms with Gasteiger partial charge in [-0.15, -0.1) is 0 Å². The summed E-state index contributed by atoms with van der Waals surface area (Å²) in [4.78, 5) is 12.2. The van der Waals surface area contributed by atoms with E-state index in [1.165, 1.54) is 0 Å². The van der Waals surface area contributed by atoms with E-state index in [1.54, 1.807) is 14.2 Å². The van der Waals surface area contributed by atoms with Gasteiger partial charge in [-0.05, 0) is 43.2 Å². The number of hydrogen-bond acceptors (Lipinski definition) is 4. The quantitative estimate of drug-likeness (QED) is 0.803. The SMILES string of the molecule is CCOc1ccccc1NC(=O)CCc1ccc(OC)c(OC)c1. The van der Waals surface area contributed by atoms with E-state index in [9.17, 15) is 4.79 Å². The monoisotopic (exact) mass is 329 g/mol. The number of amides is 1. The number of hydrogen-bond donors (Lipinski definition) is 1. The molecule has 0 spiro atoms. The maximum Gasteiger partial charge on any atom is 0.224 e. The molecule has 128 valence electrons. The fraction of sp³-hybridized carbons (Fsp3) is 0.316. The summed E-state index contributed by atoms with van der Waals surface area (Å²) in [5, 5.41) is 2.90. The Labute approximate surface area is 142 Å². The topological polar surface area (TPSA) is 56.8 Å². The third-order valence-corrected chi connectivity index (χ3v) is 3.55. The summed E-state index contributed by atoms with van der Waals surface area (Å²) in [5.74, 6) is 1.96. The van der Waals surface area contributed by atoms with Gasteiger partial charge in [0.05, 0.1) is 26.5 Å². The Morgan fingerprint density at radius 3 is 2.46 bits per heavy atom. The van der Waals surface area contributed by atoms with Crippen molar-refractivity contribution in [3.63, 3.8) is 0 Å². The van der Waals surface area contributed by atoms with Gasteiger partial charge in [0, 0.05) is 6.42 Å². The standard InChI is InChI=1S/C19H23NO4/c1-4-24-16-8-6-5-7-15(16)20-19(21)12-10-14-9-11-17(22-2)18(13-14)23-3/h5-9,11,13H,4,10,12H2,1-3H3,(H,20,21). The normalized spacial score (nSPS) is 10.1. The van der Waals surface area contributed by atoms with Crippen molar-refractivity contribution in [2.75, 3.05) is 26.1 Å². The molecule has 2 aromatic carbocycles. The first-order valence-corrected chi connectivity index (χ1v) is 7.90. The first kappa shape index (κ1) is 17.7. The van der Waals surface area contributed by atoms with Gasteiger partial charge in [0.1, 0.15) is 5.75 Å². The van der Waals surface area contributed by atoms with Gasteiger partial charge in [-0.25, -0.2) is 0 Å². The number of para-hydroxylation sites is 2. The van der Waals surface area contributed by atoms with Gasteiger partial charge < -0.3 is 19.5 Å². The molecule has 0 aliphatic heterocycles. The Kier molecular flexibility index (Phi) is 6.49. The van der Waals surface area contributed by atoms with Gasteiger partial charge in [-0.3, -0.25) is 4.79 Å². The minimum absolute atomic E-state index is 0.0584. The van der Waals surface area contributed by atoms with Crippen molar-refractivity contribution in [3.8, 4) is 17.2 Å². The van der Waals surface area contributed by atoms with Gasteiger partial charge in [0.25, 0.3) is 0 Å². The molecule has 2 aromatic rings. The first-order chi connectivity index (χ1) is 11.7. The van der Waals surface area contributed by atoms with Crippen LogP contribution in [0.4, 0.5) is 5.69 Å². The second-order valence-electron chi connectivity index (χ2n) is 5.17. The van der Waals surface area contributed by atoms with Crippen LogP contribution in [0.3, 0.4) is 0 Å². The Morgan fingerprint density at radius 1 is 1.00 bits per heavy atom. The van der Waals surface area contributed by atoms with Crippen LogP contribution in [0.25, 0.3) is 0 Å². The van der Waals surface area contributed by atoms with E-state index < -0.39 is 0 Å². The number of aryl methyl sites for hydroxylation is 1. The summed E-state index contributed by atoms with van der Waals surface area (Å²) < 4.78 is 16.0. The summed E-state index contributed by atoms with van der Waals surface area (Å²) in [6.45, 7) is 2.47. The molecule has 2 rings (SSSR count). The van der Waals surface area contributed by atoms with Crippen LogP contribution < -0.4 is 19.5 Å². The number of carbonyl (C=O) groups excluding carboxylic acids is 1. The lowest BCUT2D eigenvalue weighted by atomic mass is 10.1. The molecule has 1 amide bonds. The molecule has 1 N–H and O–H groups in total. The molecule has 0 aliphatic rings. The smallest absolute Gasteiger partial charge is 0.224 e. The summed E-state index contributed by atoms with van der Waals surface area (Å²) in [6.07, 6.45) is 0.985. The van der Waals surface area contributed by atoms with Crippen molar-refractivity contribution >= 4 is 11.6 Å². The molecule has 0 unspecified atom stereocenters. The number of nitrogens with one attached hydrogen (secondary N) is 1. The lowest BCUT2D eigenvalue weighted by Crippen LogP contribution is -2.13. The second-order valence-corrected chi connectivity index (χ2v) is 5.17. The molecule has 0 heterocycles. The van der Waals surface area contributed by atoms with E-state index in [0.29, 0.717) is 42.4 Å². The minimum atomic E-state index is -0.0584. The van der Waals surface area contributed by atoms with Crippen LogP contribution in [0.15, 0.2) is 42.5 Å². The number of rotatable bonds is 8. The van der Waals surface area contributed by atoms with Crippen molar-refractivity contribution < 1.29 is 19.0 Å². The fourth-order valence-electron chi connectivity index (χ4n) is 2.36. The molecule has 0 bridgehead atoms. The number of anilines is 1. The molecule has 0 atom stereocenters. The number of benzene rings is 2. The van der Waals surface area contributed by atoms with Gasteiger partial charge in [0.2, 0.25) is 5.91 Å². The maximum absolute atomic E-state index is 12.2. The second kappa shape index (κ2) is 8.82. The third kappa shape index (κ3) is 4.65. The average molecular weight is 329 g/mol. The van der Waals surface area contributed by atoms with Crippen LogP contribution in [0.1, 0.15) is 18.9 Å². The maximum atomic E-state index is 12.2. The largest absolute Gasteiger partial charge is 0.493 e. The van der Waals surface area contributed by atoms with Crippen LogP contribution in [-0.2, 0) is 11.2 Å². The highest BCUT2D eigenvalue weighted by Gasteiger charge is 2.09. The minimum Gasteiger partial charge on any atom is -0.493 e. The molecule has 0 fully saturated rings. The fourth-order valence-corrected chi connectivity index (χ4v) is 2.36. The molecular formula is C19H23NO4. The van der Waals surface area contributed by atoms with Crippen molar-refractivity contribution in [2.24, 2.45) is 0 Å². The van der Waals surface area contributed by atoms with Crippen molar-refractivity contribution in [1.82, 2.24) is 0 Å². The Morgan fingerprint density at radius 2 is 1.75 bits per heavy atom. The van der Waals surface area contributed by atoms with E-state index in [0.717, 1.165) is 5.56 Å². The Hall–Kier alpha value is -2.69. The number of methoxy groups -OCH3 is 2. The van der Waals surface area contributed by atoms with E-state index >= 15 is 0 Å².